The fourth-order valence-electron chi connectivity index (χ4n) is 3.76. The predicted molar refractivity (Wildman–Crippen MR) is 124 cm³/mol. The molecule has 0 spiro atoms. The first-order valence-electron chi connectivity index (χ1n) is 10.2. The number of carbonyl (C=O) groups excluding carboxylic acids is 4. The summed E-state index contributed by atoms with van der Waals surface area (Å²) in [6, 6.07) is 8.00. The topological polar surface area (TPSA) is 93.2 Å². The zero-order valence-corrected chi connectivity index (χ0v) is 20.4. The summed E-state index contributed by atoms with van der Waals surface area (Å²) in [5.74, 6) is -3.02. The average Bonchev–Trinajstić information content (AvgIpc) is 3.10. The van der Waals surface area contributed by atoms with E-state index in [2.05, 4.69) is 0 Å². The lowest BCUT2D eigenvalue weighted by Crippen LogP contribution is -2.50. The Balaban J connectivity index is 1.50. The summed E-state index contributed by atoms with van der Waals surface area (Å²) in [5.41, 5.74) is 0.146. The van der Waals surface area contributed by atoms with Crippen molar-refractivity contribution in [3.8, 4) is 0 Å². The second-order valence-electron chi connectivity index (χ2n) is 7.57. The van der Waals surface area contributed by atoms with Gasteiger partial charge in [-0.3, -0.25) is 14.5 Å². The zero-order valence-electron chi connectivity index (χ0n) is 17.4. The van der Waals surface area contributed by atoms with Crippen molar-refractivity contribution in [2.24, 2.45) is 0 Å². The van der Waals surface area contributed by atoms with Crippen molar-refractivity contribution >= 4 is 70.3 Å². The van der Waals surface area contributed by atoms with Crippen molar-refractivity contribution in [1.29, 1.82) is 0 Å². The van der Waals surface area contributed by atoms with Gasteiger partial charge in [0.15, 0.2) is 0 Å². The number of piperidine rings is 1. The van der Waals surface area contributed by atoms with Crippen molar-refractivity contribution in [2.75, 3.05) is 6.54 Å². The number of hydrogen-bond donors (Lipinski definition) is 0. The van der Waals surface area contributed by atoms with E-state index in [1.165, 1.54) is 4.90 Å². The third-order valence-electron chi connectivity index (χ3n) is 5.46. The largest absolute Gasteiger partial charge is 0.445 e. The summed E-state index contributed by atoms with van der Waals surface area (Å²) in [7, 11) is 0. The summed E-state index contributed by atoms with van der Waals surface area (Å²) >= 11 is 24.2. The van der Waals surface area contributed by atoms with Crippen LogP contribution in [-0.4, -0.2) is 46.4 Å². The molecule has 0 N–H and O–H groups in total. The predicted octanol–water partition coefficient (Wildman–Crippen LogP) is 5.55. The highest BCUT2D eigenvalue weighted by Gasteiger charge is 2.46. The normalized spacial score (nSPS) is 17.6. The number of ether oxygens (including phenoxy) is 1. The molecular weight excluding hydrogens is 530 g/mol. The molecule has 8 nitrogen and oxygen atoms in total. The van der Waals surface area contributed by atoms with Gasteiger partial charge in [-0.2, -0.15) is 0 Å². The van der Waals surface area contributed by atoms with E-state index < -0.39 is 29.9 Å². The van der Waals surface area contributed by atoms with Gasteiger partial charge in [0.1, 0.15) is 12.6 Å². The highest BCUT2D eigenvalue weighted by atomic mass is 35.5. The Labute approximate surface area is 214 Å². The number of halogens is 4. The Bertz CT molecular complexity index is 1140. The Kier molecular flexibility index (Phi) is 7.23. The summed E-state index contributed by atoms with van der Waals surface area (Å²) in [5, 5.41) is -0.736. The highest BCUT2D eigenvalue weighted by molar-refractivity contribution is 6.55. The summed E-state index contributed by atoms with van der Waals surface area (Å²) in [4.78, 5) is 57.6. The lowest BCUT2D eigenvalue weighted by molar-refractivity contribution is -0.175. The first-order chi connectivity index (χ1) is 16.2. The molecule has 0 aromatic heterocycles. The number of likely N-dealkylation sites (tertiary alicyclic amines) is 1. The van der Waals surface area contributed by atoms with E-state index in [1.807, 2.05) is 18.2 Å². The molecule has 0 bridgehead atoms. The number of rotatable bonds is 4. The fraction of sp³-hybridized carbons (Fsp3) is 0.273. The number of hydrogen-bond acceptors (Lipinski definition) is 6. The van der Waals surface area contributed by atoms with Crippen LogP contribution in [0.2, 0.25) is 20.1 Å². The molecule has 0 radical (unpaired) electrons. The Morgan fingerprint density at radius 1 is 0.882 bits per heavy atom. The average molecular weight is 546 g/mol. The summed E-state index contributed by atoms with van der Waals surface area (Å²) in [6.45, 7) is 0.271. The second kappa shape index (κ2) is 10.00. The molecule has 3 amide bonds. The van der Waals surface area contributed by atoms with E-state index in [4.69, 9.17) is 56.0 Å². The van der Waals surface area contributed by atoms with Gasteiger partial charge < -0.3 is 9.57 Å². The monoisotopic (exact) mass is 544 g/mol. The van der Waals surface area contributed by atoms with Crippen molar-refractivity contribution in [2.45, 2.75) is 31.9 Å². The fourth-order valence-corrected chi connectivity index (χ4v) is 4.77. The number of fused-ring (bicyclic) bond motifs is 1. The van der Waals surface area contributed by atoms with E-state index in [9.17, 15) is 19.2 Å². The highest BCUT2D eigenvalue weighted by Crippen LogP contribution is 2.45. The van der Waals surface area contributed by atoms with Gasteiger partial charge in [-0.1, -0.05) is 81.8 Å². The molecule has 2 aromatic carbocycles. The SMILES string of the molecule is O=C(ON1C(=O)c2c(Cl)c(Cl)c(Cl)c(Cl)c2C1=O)C1CCCCN1C(=O)OCc1ccccc1. The van der Waals surface area contributed by atoms with E-state index in [1.54, 1.807) is 12.1 Å². The smallest absolute Gasteiger partial charge is 0.410 e. The van der Waals surface area contributed by atoms with Crippen LogP contribution >= 0.6 is 46.4 Å². The Hall–Kier alpha value is -2.52. The van der Waals surface area contributed by atoms with Crippen LogP contribution in [0.15, 0.2) is 30.3 Å². The molecule has 1 unspecified atom stereocenters. The van der Waals surface area contributed by atoms with Crippen LogP contribution in [-0.2, 0) is 21.0 Å². The molecule has 34 heavy (non-hydrogen) atoms. The number of imide groups is 1. The summed E-state index contributed by atoms with van der Waals surface area (Å²) < 4.78 is 5.34. The van der Waals surface area contributed by atoms with Gasteiger partial charge in [0.2, 0.25) is 0 Å². The molecule has 2 aromatic rings. The van der Waals surface area contributed by atoms with Gasteiger partial charge in [-0.15, -0.1) is 0 Å². The van der Waals surface area contributed by atoms with Crippen LogP contribution in [0.1, 0.15) is 45.5 Å². The molecule has 1 atom stereocenters. The molecule has 1 fully saturated rings. The maximum Gasteiger partial charge on any atom is 0.410 e. The van der Waals surface area contributed by atoms with Crippen molar-refractivity contribution in [3.63, 3.8) is 0 Å². The van der Waals surface area contributed by atoms with E-state index in [-0.39, 0.29) is 55.9 Å². The van der Waals surface area contributed by atoms with Crippen LogP contribution in [0.4, 0.5) is 4.79 Å². The molecule has 12 heteroatoms. The van der Waals surface area contributed by atoms with Gasteiger partial charge in [-0.25, -0.2) is 9.59 Å². The minimum Gasteiger partial charge on any atom is -0.445 e. The zero-order chi connectivity index (χ0) is 24.6. The van der Waals surface area contributed by atoms with Crippen LogP contribution in [0, 0.1) is 0 Å². The molecule has 1 saturated heterocycles. The van der Waals surface area contributed by atoms with Gasteiger partial charge >= 0.3 is 12.1 Å². The molecule has 2 heterocycles. The number of amides is 3. The molecule has 2 aliphatic rings. The number of nitrogens with zero attached hydrogens (tertiary/aromatic N) is 2. The molecule has 178 valence electrons. The molecular formula is C22H16Cl4N2O6. The Morgan fingerprint density at radius 3 is 2.06 bits per heavy atom. The third-order valence-corrected chi connectivity index (χ3v) is 7.26. The van der Waals surface area contributed by atoms with Crippen molar-refractivity contribution in [1.82, 2.24) is 9.96 Å². The number of carbonyl (C=O) groups is 4. The second-order valence-corrected chi connectivity index (χ2v) is 9.08. The van der Waals surface area contributed by atoms with Crippen molar-refractivity contribution in [3.05, 3.63) is 67.1 Å². The van der Waals surface area contributed by atoms with E-state index in [0.29, 0.717) is 12.8 Å². The molecule has 0 aliphatic carbocycles. The maximum absolute atomic E-state index is 13.0. The van der Waals surface area contributed by atoms with E-state index >= 15 is 0 Å². The lowest BCUT2D eigenvalue weighted by Gasteiger charge is -2.33. The van der Waals surface area contributed by atoms with Crippen LogP contribution in [0.3, 0.4) is 0 Å². The first-order valence-corrected chi connectivity index (χ1v) is 11.7. The maximum atomic E-state index is 13.0. The van der Waals surface area contributed by atoms with Crippen molar-refractivity contribution < 1.29 is 28.8 Å². The Morgan fingerprint density at radius 2 is 1.47 bits per heavy atom. The molecule has 4 rings (SSSR count). The molecule has 2 aliphatic heterocycles. The minimum atomic E-state index is -1.06. The third kappa shape index (κ3) is 4.43. The number of hydroxylamine groups is 2. The van der Waals surface area contributed by atoms with Crippen LogP contribution < -0.4 is 0 Å². The standard InChI is InChI=1S/C22H16Cl4N2O6/c23-15-13-14(16(24)18(26)17(15)25)20(30)28(19(13)29)34-21(31)12-8-4-5-9-27(12)22(32)33-10-11-6-2-1-3-7-11/h1-3,6-7,12H,4-5,8-10H2. The van der Waals surface area contributed by atoms with Crippen LogP contribution in [0.5, 0.6) is 0 Å². The summed E-state index contributed by atoms with van der Waals surface area (Å²) in [6.07, 6.45) is 0.839. The van der Waals surface area contributed by atoms with E-state index in [0.717, 1.165) is 5.56 Å². The number of benzene rings is 2. The van der Waals surface area contributed by atoms with Crippen LogP contribution in [0.25, 0.3) is 0 Å². The minimum absolute atomic E-state index is 0.0227. The van der Waals surface area contributed by atoms with Gasteiger partial charge in [0.25, 0.3) is 11.8 Å². The van der Waals surface area contributed by atoms with Gasteiger partial charge in [0.05, 0.1) is 31.2 Å². The lowest BCUT2D eigenvalue weighted by atomic mass is 10.0. The quantitative estimate of drug-likeness (QED) is 0.284. The molecule has 0 saturated carbocycles. The first kappa shape index (κ1) is 24.6. The van der Waals surface area contributed by atoms with Gasteiger partial charge in [0, 0.05) is 6.54 Å². The van der Waals surface area contributed by atoms with Gasteiger partial charge in [-0.05, 0) is 24.8 Å².